The van der Waals surface area contributed by atoms with Crippen LogP contribution in [0, 0.1) is 0 Å². The Balaban J connectivity index is 2.04. The average Bonchev–Trinajstić information content (AvgIpc) is 2.68. The highest BCUT2D eigenvalue weighted by Crippen LogP contribution is 2.08. The lowest BCUT2D eigenvalue weighted by atomic mass is 10.1. The monoisotopic (exact) mass is 362 g/mol. The van der Waals surface area contributed by atoms with Gasteiger partial charge in [0.1, 0.15) is 0 Å². The van der Waals surface area contributed by atoms with Crippen molar-refractivity contribution in [2.45, 2.75) is 71.8 Å². The van der Waals surface area contributed by atoms with E-state index in [1.54, 1.807) is 0 Å². The summed E-state index contributed by atoms with van der Waals surface area (Å²) in [4.78, 5) is 5.15. The topological polar surface area (TPSA) is 26.7 Å². The molecular formula is C23H42N2O. The minimum absolute atomic E-state index is 0.346. The molecule has 3 heteroatoms. The van der Waals surface area contributed by atoms with E-state index in [9.17, 15) is 0 Å². The van der Waals surface area contributed by atoms with Gasteiger partial charge in [0.25, 0.3) is 0 Å². The summed E-state index contributed by atoms with van der Waals surface area (Å²) < 4.78 is 0. The van der Waals surface area contributed by atoms with Crippen LogP contribution in [-0.4, -0.2) is 54.2 Å². The Hall–Kier alpha value is -0.900. The zero-order chi connectivity index (χ0) is 18.9. The van der Waals surface area contributed by atoms with E-state index < -0.39 is 0 Å². The molecule has 0 radical (unpaired) electrons. The molecule has 0 amide bonds. The predicted octanol–water partition coefficient (Wildman–Crippen LogP) is 4.94. The molecule has 0 aliphatic heterocycles. The molecule has 0 aliphatic carbocycles. The normalized spacial score (nSPS) is 11.6. The summed E-state index contributed by atoms with van der Waals surface area (Å²) in [5, 5.41) is 8.82. The molecule has 1 aromatic carbocycles. The zero-order valence-corrected chi connectivity index (χ0v) is 17.3. The van der Waals surface area contributed by atoms with E-state index in [0.717, 1.165) is 19.5 Å². The average molecular weight is 363 g/mol. The molecule has 3 nitrogen and oxygen atoms in total. The second-order valence-electron chi connectivity index (χ2n) is 7.34. The van der Waals surface area contributed by atoms with Crippen LogP contribution in [-0.2, 0) is 6.54 Å². The Morgan fingerprint density at radius 2 is 1.15 bits per heavy atom. The van der Waals surface area contributed by atoms with Gasteiger partial charge in [0.05, 0.1) is 0 Å². The fourth-order valence-corrected chi connectivity index (χ4v) is 3.44. The lowest BCUT2D eigenvalue weighted by Gasteiger charge is -2.21. The van der Waals surface area contributed by atoms with Crippen LogP contribution in [0.1, 0.15) is 70.8 Å². The Morgan fingerprint density at radius 3 is 1.65 bits per heavy atom. The van der Waals surface area contributed by atoms with Crippen molar-refractivity contribution in [1.29, 1.82) is 0 Å². The van der Waals surface area contributed by atoms with Crippen molar-refractivity contribution in [1.82, 2.24) is 9.80 Å². The van der Waals surface area contributed by atoms with E-state index in [4.69, 9.17) is 5.11 Å². The van der Waals surface area contributed by atoms with E-state index in [0.29, 0.717) is 6.61 Å². The van der Waals surface area contributed by atoms with E-state index in [2.05, 4.69) is 54.0 Å². The van der Waals surface area contributed by atoms with Gasteiger partial charge in [0.15, 0.2) is 0 Å². The molecule has 0 atom stereocenters. The molecule has 1 N–H and O–H groups in total. The third kappa shape index (κ3) is 11.7. The van der Waals surface area contributed by atoms with Gasteiger partial charge in [-0.3, -0.25) is 4.90 Å². The van der Waals surface area contributed by atoms with Crippen LogP contribution in [0.2, 0.25) is 0 Å². The zero-order valence-electron chi connectivity index (χ0n) is 17.3. The van der Waals surface area contributed by atoms with Crippen LogP contribution < -0.4 is 0 Å². The lowest BCUT2D eigenvalue weighted by Crippen LogP contribution is -2.26. The van der Waals surface area contributed by atoms with Crippen molar-refractivity contribution in [3.05, 3.63) is 35.9 Å². The summed E-state index contributed by atoms with van der Waals surface area (Å²) in [5.41, 5.74) is 1.42. The molecule has 0 aromatic heterocycles. The highest BCUT2D eigenvalue weighted by Gasteiger charge is 2.04. The highest BCUT2D eigenvalue weighted by molar-refractivity contribution is 5.14. The van der Waals surface area contributed by atoms with E-state index in [1.807, 2.05) is 0 Å². The predicted molar refractivity (Wildman–Crippen MR) is 114 cm³/mol. The Kier molecular flexibility index (Phi) is 14.5. The summed E-state index contributed by atoms with van der Waals surface area (Å²) in [6.45, 7) is 12.0. The van der Waals surface area contributed by atoms with Crippen molar-refractivity contribution in [3.63, 3.8) is 0 Å². The fourth-order valence-electron chi connectivity index (χ4n) is 3.44. The molecule has 0 fully saturated rings. The first-order valence-electron chi connectivity index (χ1n) is 10.9. The second kappa shape index (κ2) is 16.3. The molecule has 0 heterocycles. The van der Waals surface area contributed by atoms with Crippen molar-refractivity contribution in [2.75, 3.05) is 39.3 Å². The summed E-state index contributed by atoms with van der Waals surface area (Å²) in [7, 11) is 0. The minimum atomic E-state index is 0.346. The quantitative estimate of drug-likeness (QED) is 0.397. The summed E-state index contributed by atoms with van der Waals surface area (Å²) in [6.07, 6.45) is 10.0. The molecule has 0 saturated carbocycles. The van der Waals surface area contributed by atoms with E-state index in [-0.39, 0.29) is 0 Å². The van der Waals surface area contributed by atoms with E-state index >= 15 is 0 Å². The SMILES string of the molecule is CCN(CCCCCCO)CCCCCCN(CC)Cc1ccccc1. The number of rotatable bonds is 17. The third-order valence-electron chi connectivity index (χ3n) is 5.22. The Labute approximate surface area is 162 Å². The molecule has 150 valence electrons. The molecule has 26 heavy (non-hydrogen) atoms. The van der Waals surface area contributed by atoms with Crippen LogP contribution in [0.15, 0.2) is 30.3 Å². The number of unbranched alkanes of at least 4 members (excludes halogenated alkanes) is 6. The van der Waals surface area contributed by atoms with Crippen molar-refractivity contribution in [2.24, 2.45) is 0 Å². The van der Waals surface area contributed by atoms with Crippen LogP contribution in [0.25, 0.3) is 0 Å². The van der Waals surface area contributed by atoms with Gasteiger partial charge in [-0.15, -0.1) is 0 Å². The van der Waals surface area contributed by atoms with Gasteiger partial charge in [0.2, 0.25) is 0 Å². The van der Waals surface area contributed by atoms with Crippen molar-refractivity contribution in [3.8, 4) is 0 Å². The maximum absolute atomic E-state index is 8.82. The van der Waals surface area contributed by atoms with Crippen LogP contribution in [0.3, 0.4) is 0 Å². The van der Waals surface area contributed by atoms with Gasteiger partial charge < -0.3 is 10.0 Å². The van der Waals surface area contributed by atoms with Crippen LogP contribution in [0.4, 0.5) is 0 Å². The molecule has 0 aliphatic rings. The number of nitrogens with zero attached hydrogens (tertiary/aromatic N) is 2. The molecule has 0 bridgehead atoms. The molecular weight excluding hydrogens is 320 g/mol. The minimum Gasteiger partial charge on any atom is -0.396 e. The van der Waals surface area contributed by atoms with Gasteiger partial charge in [-0.2, -0.15) is 0 Å². The smallest absolute Gasteiger partial charge is 0.0431 e. The number of benzene rings is 1. The molecule has 0 unspecified atom stereocenters. The standard InChI is InChI=1S/C23H42N2O/c1-3-24(19-13-7-8-15-21-26)18-12-5-6-14-20-25(4-2)22-23-16-10-9-11-17-23/h9-11,16-17,26H,3-8,12-15,18-22H2,1-2H3. The number of aliphatic hydroxyl groups is 1. The summed E-state index contributed by atoms with van der Waals surface area (Å²) in [6, 6.07) is 10.8. The van der Waals surface area contributed by atoms with E-state index in [1.165, 1.54) is 76.7 Å². The van der Waals surface area contributed by atoms with Gasteiger partial charge in [-0.05, 0) is 64.0 Å². The third-order valence-corrected chi connectivity index (χ3v) is 5.22. The second-order valence-corrected chi connectivity index (χ2v) is 7.34. The maximum atomic E-state index is 8.82. The summed E-state index contributed by atoms with van der Waals surface area (Å²) >= 11 is 0. The number of hydrogen-bond donors (Lipinski definition) is 1. The molecule has 0 saturated heterocycles. The first-order valence-corrected chi connectivity index (χ1v) is 10.9. The first kappa shape index (κ1) is 23.1. The summed E-state index contributed by atoms with van der Waals surface area (Å²) in [5.74, 6) is 0. The highest BCUT2D eigenvalue weighted by atomic mass is 16.2. The largest absolute Gasteiger partial charge is 0.396 e. The van der Waals surface area contributed by atoms with Crippen molar-refractivity contribution < 1.29 is 5.11 Å². The van der Waals surface area contributed by atoms with Gasteiger partial charge in [-0.25, -0.2) is 0 Å². The van der Waals surface area contributed by atoms with Crippen LogP contribution in [0.5, 0.6) is 0 Å². The Bertz CT molecular complexity index is 410. The lowest BCUT2D eigenvalue weighted by molar-refractivity contribution is 0.257. The Morgan fingerprint density at radius 1 is 0.654 bits per heavy atom. The maximum Gasteiger partial charge on any atom is 0.0431 e. The van der Waals surface area contributed by atoms with Crippen LogP contribution >= 0.6 is 0 Å². The number of hydrogen-bond acceptors (Lipinski definition) is 3. The van der Waals surface area contributed by atoms with Crippen molar-refractivity contribution >= 4 is 0 Å². The molecule has 0 spiro atoms. The fraction of sp³-hybridized carbons (Fsp3) is 0.739. The molecule has 1 rings (SSSR count). The van der Waals surface area contributed by atoms with Gasteiger partial charge in [-0.1, -0.05) is 69.9 Å². The number of aliphatic hydroxyl groups excluding tert-OH is 1. The first-order chi connectivity index (χ1) is 12.8. The van der Waals surface area contributed by atoms with Gasteiger partial charge in [0, 0.05) is 13.2 Å². The van der Waals surface area contributed by atoms with Gasteiger partial charge >= 0.3 is 0 Å². The molecule has 1 aromatic rings.